The molecule has 3 nitrogen and oxygen atoms in total. The molecule has 0 unspecified atom stereocenters. The van der Waals surface area contributed by atoms with Crippen LogP contribution in [0.3, 0.4) is 0 Å². The fourth-order valence-electron chi connectivity index (χ4n) is 2.29. The summed E-state index contributed by atoms with van der Waals surface area (Å²) in [6.07, 6.45) is -3.47. The molecule has 25 heavy (non-hydrogen) atoms. The van der Waals surface area contributed by atoms with Gasteiger partial charge in [0, 0.05) is 22.8 Å². The largest absolute Gasteiger partial charge is 0.434 e. The molecule has 0 aliphatic carbocycles. The van der Waals surface area contributed by atoms with Crippen molar-refractivity contribution in [2.45, 2.75) is 45.5 Å². The highest BCUT2D eigenvalue weighted by Gasteiger charge is 2.35. The third-order valence-electron chi connectivity index (χ3n) is 3.72. The van der Waals surface area contributed by atoms with E-state index in [2.05, 4.69) is 40.6 Å². The van der Waals surface area contributed by atoms with Crippen molar-refractivity contribution in [1.82, 2.24) is 9.55 Å². The predicted molar refractivity (Wildman–Crippen MR) is 99.2 cm³/mol. The summed E-state index contributed by atoms with van der Waals surface area (Å²) >= 11 is 3.37. The van der Waals surface area contributed by atoms with Crippen LogP contribution < -0.4 is 0 Å². The van der Waals surface area contributed by atoms with Gasteiger partial charge in [0.1, 0.15) is 12.6 Å². The Morgan fingerprint density at radius 2 is 1.92 bits per heavy atom. The molecule has 0 saturated carbocycles. The Morgan fingerprint density at radius 1 is 1.24 bits per heavy atom. The second-order valence-electron chi connectivity index (χ2n) is 7.22. The van der Waals surface area contributed by atoms with E-state index in [9.17, 15) is 13.2 Å². The number of ether oxygens (including phenoxy) is 1. The van der Waals surface area contributed by atoms with Gasteiger partial charge in [-0.05, 0) is 30.7 Å². The van der Waals surface area contributed by atoms with Gasteiger partial charge in [-0.3, -0.25) is 0 Å². The Hall–Kier alpha value is -1.12. The summed E-state index contributed by atoms with van der Waals surface area (Å²) in [7, 11) is -1.25. The van der Waals surface area contributed by atoms with Crippen LogP contribution in [0.4, 0.5) is 13.2 Å². The normalized spacial score (nSPS) is 12.6. The van der Waals surface area contributed by atoms with Crippen LogP contribution >= 0.6 is 15.9 Å². The molecule has 1 aromatic heterocycles. The molecule has 0 aliphatic heterocycles. The van der Waals surface area contributed by atoms with Crippen LogP contribution in [-0.4, -0.2) is 24.2 Å². The van der Waals surface area contributed by atoms with Crippen LogP contribution in [0.2, 0.25) is 25.7 Å². The summed E-state index contributed by atoms with van der Waals surface area (Å²) in [5.74, 6) is 0.269. The number of alkyl halides is 3. The summed E-state index contributed by atoms with van der Waals surface area (Å²) in [5.41, 5.74) is 0.600. The molecule has 1 aromatic carbocycles. The molecule has 0 amide bonds. The maximum atomic E-state index is 13.1. The van der Waals surface area contributed by atoms with Gasteiger partial charge in [-0.15, -0.1) is 14.1 Å². The van der Waals surface area contributed by atoms with Crippen molar-refractivity contribution in [3.05, 3.63) is 40.1 Å². The lowest BCUT2D eigenvalue weighted by Gasteiger charge is -2.26. The van der Waals surface area contributed by atoms with Crippen molar-refractivity contribution in [2.75, 3.05) is 6.61 Å². The van der Waals surface area contributed by atoms with Gasteiger partial charge >= 0.3 is 6.18 Å². The van der Waals surface area contributed by atoms with Crippen molar-refractivity contribution >= 4 is 24.0 Å². The summed E-state index contributed by atoms with van der Waals surface area (Å²) in [5, 5.41) is 0. The summed E-state index contributed by atoms with van der Waals surface area (Å²) in [6, 6.07) is 6.37. The molecule has 1 heterocycles. The van der Waals surface area contributed by atoms with Gasteiger partial charge in [0.05, 0.1) is 0 Å². The van der Waals surface area contributed by atoms with Gasteiger partial charge in [0.2, 0.25) is 0 Å². The van der Waals surface area contributed by atoms with E-state index >= 15 is 0 Å². The first-order valence-corrected chi connectivity index (χ1v) is 12.5. The van der Waals surface area contributed by atoms with Crippen molar-refractivity contribution < 1.29 is 17.9 Å². The van der Waals surface area contributed by atoms with Crippen LogP contribution in [0.5, 0.6) is 0 Å². The molecular weight excluding hydrogens is 413 g/mol. The number of hydrogen-bond acceptors (Lipinski definition) is 2. The standard InChI is InChI=1S/C17H22BrF3N2OSi/c1-12-9-13(18)5-6-14(12)16-22-15(17(19,20)21)10-23(16)11-24-7-8-25(2,3)4/h5-6,9-10H,7-8,11H2,1-4H3/q-1. The Bertz CT molecular complexity index is 738. The van der Waals surface area contributed by atoms with Gasteiger partial charge in [-0.25, -0.2) is 4.98 Å². The molecule has 0 radical (unpaired) electrons. The monoisotopic (exact) mass is 434 g/mol. The number of imidazole rings is 1. The SMILES string of the molecule is Cc1cc(Br)ccc1-c1nc(C(F)(F)F)cn1COCC[Si-](C)(C)C. The summed E-state index contributed by atoms with van der Waals surface area (Å²) in [6.45, 7) is 9.12. The minimum atomic E-state index is -4.48. The average molecular weight is 435 g/mol. The van der Waals surface area contributed by atoms with Crippen molar-refractivity contribution in [2.24, 2.45) is 0 Å². The zero-order chi connectivity index (χ0) is 18.8. The summed E-state index contributed by atoms with van der Waals surface area (Å²) < 4.78 is 47.2. The van der Waals surface area contributed by atoms with E-state index in [1.54, 1.807) is 12.1 Å². The van der Waals surface area contributed by atoms with Crippen LogP contribution in [-0.2, 0) is 17.6 Å². The lowest BCUT2D eigenvalue weighted by atomic mass is 10.1. The van der Waals surface area contributed by atoms with Gasteiger partial charge in [-0.2, -0.15) is 32.8 Å². The molecule has 0 saturated heterocycles. The van der Waals surface area contributed by atoms with Crippen LogP contribution in [0.1, 0.15) is 11.3 Å². The lowest BCUT2D eigenvalue weighted by Crippen LogP contribution is -2.22. The molecule has 0 spiro atoms. The van der Waals surface area contributed by atoms with Crippen LogP contribution in [0, 0.1) is 6.92 Å². The van der Waals surface area contributed by atoms with Crippen LogP contribution in [0.15, 0.2) is 28.9 Å². The quantitative estimate of drug-likeness (QED) is 0.414. The number of halogens is 4. The predicted octanol–water partition coefficient (Wildman–Crippen LogP) is 5.95. The molecule has 8 heteroatoms. The zero-order valence-corrected chi connectivity index (χ0v) is 17.3. The van der Waals surface area contributed by atoms with E-state index in [0.717, 1.165) is 22.3 Å². The first-order valence-electron chi connectivity index (χ1n) is 7.96. The summed E-state index contributed by atoms with van der Waals surface area (Å²) in [4.78, 5) is 3.82. The molecule has 2 aromatic rings. The molecule has 0 fully saturated rings. The Morgan fingerprint density at radius 3 is 2.48 bits per heavy atom. The maximum Gasteiger partial charge on any atom is 0.434 e. The Labute approximate surface area is 155 Å². The second kappa shape index (κ2) is 7.63. The molecular formula is C17H22BrF3N2OSi-. The highest BCUT2D eigenvalue weighted by atomic mass is 79.9. The second-order valence-corrected chi connectivity index (χ2v) is 13.8. The molecule has 0 aliphatic rings. The molecule has 0 N–H and O–H groups in total. The lowest BCUT2D eigenvalue weighted by molar-refractivity contribution is -0.141. The van der Waals surface area contributed by atoms with Crippen molar-refractivity contribution in [3.63, 3.8) is 0 Å². The van der Waals surface area contributed by atoms with Crippen molar-refractivity contribution in [1.29, 1.82) is 0 Å². The maximum absolute atomic E-state index is 13.1. The highest BCUT2D eigenvalue weighted by molar-refractivity contribution is 9.10. The number of nitrogens with zero attached hydrogens (tertiary/aromatic N) is 2. The first kappa shape index (κ1) is 20.2. The minimum Gasteiger partial charge on any atom is -0.364 e. The number of aromatic nitrogens is 2. The van der Waals surface area contributed by atoms with E-state index in [0.29, 0.717) is 12.2 Å². The molecule has 0 bridgehead atoms. The smallest absolute Gasteiger partial charge is 0.364 e. The zero-order valence-electron chi connectivity index (χ0n) is 14.7. The van der Waals surface area contributed by atoms with E-state index in [-0.39, 0.29) is 12.6 Å². The van der Waals surface area contributed by atoms with Crippen LogP contribution in [0.25, 0.3) is 11.4 Å². The van der Waals surface area contributed by atoms with E-state index < -0.39 is 19.9 Å². The van der Waals surface area contributed by atoms with Crippen molar-refractivity contribution in [3.8, 4) is 11.4 Å². The van der Waals surface area contributed by atoms with Gasteiger partial charge < -0.3 is 9.30 Å². The fourth-order valence-corrected chi connectivity index (χ4v) is 3.52. The van der Waals surface area contributed by atoms with Gasteiger partial charge in [0.15, 0.2) is 5.69 Å². The van der Waals surface area contributed by atoms with E-state index in [1.165, 1.54) is 4.57 Å². The van der Waals surface area contributed by atoms with Gasteiger partial charge in [0.25, 0.3) is 0 Å². The third kappa shape index (κ3) is 5.69. The third-order valence-corrected chi connectivity index (χ3v) is 5.92. The average Bonchev–Trinajstić information content (AvgIpc) is 2.86. The fraction of sp³-hybridized carbons (Fsp3) is 0.471. The minimum absolute atomic E-state index is 0.0540. The number of hydrogen-bond donors (Lipinski definition) is 0. The van der Waals surface area contributed by atoms with Gasteiger partial charge in [-0.1, -0.05) is 15.9 Å². The van der Waals surface area contributed by atoms with E-state index in [4.69, 9.17) is 4.74 Å². The number of aryl methyl sites for hydroxylation is 1. The highest BCUT2D eigenvalue weighted by Crippen LogP contribution is 2.32. The molecule has 2 rings (SSSR count). The Balaban J connectivity index is 2.29. The topological polar surface area (TPSA) is 27.1 Å². The molecule has 0 atom stereocenters. The first-order chi connectivity index (χ1) is 11.5. The van der Waals surface area contributed by atoms with E-state index in [1.807, 2.05) is 13.0 Å². The number of rotatable bonds is 6. The number of benzene rings is 1. The molecule has 139 valence electrons. The Kier molecular flexibility index (Phi) is 6.16.